The first-order chi connectivity index (χ1) is 8.40. The molecular formula is C15H28N2O. The molecule has 1 rings (SSSR count). The van der Waals surface area contributed by atoms with Crippen molar-refractivity contribution in [2.45, 2.75) is 52.0 Å². The smallest absolute Gasteiger partial charge is 0.226 e. The van der Waals surface area contributed by atoms with Crippen molar-refractivity contribution in [1.29, 1.82) is 0 Å². The summed E-state index contributed by atoms with van der Waals surface area (Å²) >= 11 is 0. The Morgan fingerprint density at radius 3 is 2.28 bits per heavy atom. The van der Waals surface area contributed by atoms with Gasteiger partial charge in [-0.15, -0.1) is 6.58 Å². The predicted octanol–water partition coefficient (Wildman–Crippen LogP) is 2.56. The minimum absolute atomic E-state index is 0.129. The maximum atomic E-state index is 12.6. The Morgan fingerprint density at radius 1 is 1.33 bits per heavy atom. The number of carbonyl (C=O) groups is 1. The van der Waals surface area contributed by atoms with Crippen molar-refractivity contribution in [3.05, 3.63) is 12.7 Å². The van der Waals surface area contributed by atoms with Gasteiger partial charge < -0.3 is 10.6 Å². The number of nitrogens with zero attached hydrogens (tertiary/aromatic N) is 1. The Bertz CT molecular complexity index is 285. The van der Waals surface area contributed by atoms with Gasteiger partial charge in [0.25, 0.3) is 0 Å². The Balaban J connectivity index is 2.64. The summed E-state index contributed by atoms with van der Waals surface area (Å²) in [6.07, 6.45) is 5.99. The first-order valence-corrected chi connectivity index (χ1v) is 7.02. The van der Waals surface area contributed by atoms with E-state index >= 15 is 0 Å². The highest BCUT2D eigenvalue weighted by Gasteiger charge is 2.33. The fourth-order valence-electron chi connectivity index (χ4n) is 2.69. The van der Waals surface area contributed by atoms with Crippen molar-refractivity contribution in [2.24, 2.45) is 17.6 Å². The van der Waals surface area contributed by atoms with E-state index in [1.807, 2.05) is 11.0 Å². The number of hydrogen-bond donors (Lipinski definition) is 1. The lowest BCUT2D eigenvalue weighted by Crippen LogP contribution is -2.49. The average molecular weight is 252 g/mol. The van der Waals surface area contributed by atoms with E-state index in [9.17, 15) is 4.79 Å². The Morgan fingerprint density at radius 2 is 1.89 bits per heavy atom. The molecule has 1 aliphatic rings. The SMILES string of the molecule is C=CCN(C(=O)C1CCC(CN)CC1)C(C)(C)C. The molecule has 3 heteroatoms. The Kier molecular flexibility index (Phi) is 5.39. The normalized spacial score (nSPS) is 24.7. The number of nitrogens with two attached hydrogens (primary N) is 1. The highest BCUT2D eigenvalue weighted by molar-refractivity contribution is 5.79. The molecule has 0 unspecified atom stereocenters. The molecule has 0 saturated heterocycles. The third-order valence-corrected chi connectivity index (χ3v) is 3.92. The van der Waals surface area contributed by atoms with E-state index in [0.717, 1.165) is 32.2 Å². The van der Waals surface area contributed by atoms with Crippen LogP contribution in [0, 0.1) is 11.8 Å². The highest BCUT2D eigenvalue weighted by atomic mass is 16.2. The van der Waals surface area contributed by atoms with Gasteiger partial charge in [0.2, 0.25) is 5.91 Å². The van der Waals surface area contributed by atoms with Crippen molar-refractivity contribution < 1.29 is 4.79 Å². The first-order valence-electron chi connectivity index (χ1n) is 7.02. The fourth-order valence-corrected chi connectivity index (χ4v) is 2.69. The van der Waals surface area contributed by atoms with Crippen LogP contribution in [0.15, 0.2) is 12.7 Å². The average Bonchev–Trinajstić information content (AvgIpc) is 2.34. The van der Waals surface area contributed by atoms with Crippen molar-refractivity contribution in [3.63, 3.8) is 0 Å². The van der Waals surface area contributed by atoms with Gasteiger partial charge in [-0.05, 0) is 58.9 Å². The van der Waals surface area contributed by atoms with Crippen LogP contribution in [0.3, 0.4) is 0 Å². The summed E-state index contributed by atoms with van der Waals surface area (Å²) in [4.78, 5) is 14.5. The van der Waals surface area contributed by atoms with Crippen LogP contribution in [-0.4, -0.2) is 29.4 Å². The zero-order valence-electron chi connectivity index (χ0n) is 12.1. The van der Waals surface area contributed by atoms with E-state index in [0.29, 0.717) is 12.5 Å². The maximum Gasteiger partial charge on any atom is 0.226 e. The summed E-state index contributed by atoms with van der Waals surface area (Å²) in [5.41, 5.74) is 5.56. The van der Waals surface area contributed by atoms with Crippen LogP contribution >= 0.6 is 0 Å². The van der Waals surface area contributed by atoms with Gasteiger partial charge in [0.15, 0.2) is 0 Å². The van der Waals surface area contributed by atoms with E-state index in [1.165, 1.54) is 0 Å². The maximum absolute atomic E-state index is 12.6. The molecule has 0 atom stereocenters. The van der Waals surface area contributed by atoms with Crippen LogP contribution in [0.4, 0.5) is 0 Å². The number of carbonyl (C=O) groups excluding carboxylic acids is 1. The summed E-state index contributed by atoms with van der Waals surface area (Å²) in [5, 5.41) is 0. The van der Waals surface area contributed by atoms with Gasteiger partial charge in [-0.2, -0.15) is 0 Å². The number of hydrogen-bond acceptors (Lipinski definition) is 2. The summed E-state index contributed by atoms with van der Waals surface area (Å²) in [6, 6.07) is 0. The molecule has 1 aliphatic carbocycles. The molecule has 1 fully saturated rings. The predicted molar refractivity (Wildman–Crippen MR) is 76.2 cm³/mol. The van der Waals surface area contributed by atoms with Crippen LogP contribution in [-0.2, 0) is 4.79 Å². The van der Waals surface area contributed by atoms with E-state index < -0.39 is 0 Å². The lowest BCUT2D eigenvalue weighted by atomic mass is 9.81. The fraction of sp³-hybridized carbons (Fsp3) is 0.800. The molecule has 1 amide bonds. The lowest BCUT2D eigenvalue weighted by molar-refractivity contribution is -0.141. The van der Waals surface area contributed by atoms with Crippen molar-refractivity contribution in [1.82, 2.24) is 4.90 Å². The summed E-state index contributed by atoms with van der Waals surface area (Å²) in [5.74, 6) is 1.10. The van der Waals surface area contributed by atoms with Crippen LogP contribution < -0.4 is 5.73 Å². The molecular weight excluding hydrogens is 224 g/mol. The molecule has 3 nitrogen and oxygen atoms in total. The molecule has 104 valence electrons. The van der Waals surface area contributed by atoms with E-state index in [4.69, 9.17) is 5.73 Å². The van der Waals surface area contributed by atoms with E-state index in [1.54, 1.807) is 0 Å². The highest BCUT2D eigenvalue weighted by Crippen LogP contribution is 2.31. The summed E-state index contributed by atoms with van der Waals surface area (Å²) < 4.78 is 0. The summed E-state index contributed by atoms with van der Waals surface area (Å²) in [7, 11) is 0. The van der Waals surface area contributed by atoms with Gasteiger partial charge >= 0.3 is 0 Å². The Labute approximate surface area is 111 Å². The van der Waals surface area contributed by atoms with Gasteiger partial charge in [0.1, 0.15) is 0 Å². The van der Waals surface area contributed by atoms with Gasteiger partial charge in [0, 0.05) is 18.0 Å². The minimum Gasteiger partial charge on any atom is -0.334 e. The molecule has 0 spiro atoms. The monoisotopic (exact) mass is 252 g/mol. The van der Waals surface area contributed by atoms with Crippen molar-refractivity contribution in [3.8, 4) is 0 Å². The summed E-state index contributed by atoms with van der Waals surface area (Å²) in [6.45, 7) is 11.4. The van der Waals surface area contributed by atoms with E-state index in [2.05, 4.69) is 27.4 Å². The largest absolute Gasteiger partial charge is 0.334 e. The van der Waals surface area contributed by atoms with Gasteiger partial charge in [0.05, 0.1) is 0 Å². The van der Waals surface area contributed by atoms with Gasteiger partial charge in [-0.3, -0.25) is 4.79 Å². The van der Waals surface area contributed by atoms with Crippen LogP contribution in [0.2, 0.25) is 0 Å². The molecule has 18 heavy (non-hydrogen) atoms. The quantitative estimate of drug-likeness (QED) is 0.782. The lowest BCUT2D eigenvalue weighted by Gasteiger charge is -2.39. The molecule has 0 heterocycles. The molecule has 0 radical (unpaired) electrons. The molecule has 1 saturated carbocycles. The van der Waals surface area contributed by atoms with Gasteiger partial charge in [-0.25, -0.2) is 0 Å². The number of amides is 1. The third kappa shape index (κ3) is 3.84. The first kappa shape index (κ1) is 15.2. The third-order valence-electron chi connectivity index (χ3n) is 3.92. The second-order valence-corrected chi connectivity index (χ2v) is 6.36. The molecule has 0 aromatic heterocycles. The zero-order chi connectivity index (χ0) is 13.8. The van der Waals surface area contributed by atoms with Crippen LogP contribution in [0.25, 0.3) is 0 Å². The number of rotatable bonds is 4. The molecule has 0 aromatic rings. The second-order valence-electron chi connectivity index (χ2n) is 6.36. The molecule has 0 aliphatic heterocycles. The van der Waals surface area contributed by atoms with Crippen LogP contribution in [0.1, 0.15) is 46.5 Å². The zero-order valence-corrected chi connectivity index (χ0v) is 12.1. The molecule has 0 aromatic carbocycles. The van der Waals surface area contributed by atoms with E-state index in [-0.39, 0.29) is 17.4 Å². The molecule has 2 N–H and O–H groups in total. The van der Waals surface area contributed by atoms with Crippen molar-refractivity contribution in [2.75, 3.05) is 13.1 Å². The molecule has 0 bridgehead atoms. The topological polar surface area (TPSA) is 46.3 Å². The van der Waals surface area contributed by atoms with Gasteiger partial charge in [-0.1, -0.05) is 6.08 Å². The Hall–Kier alpha value is -0.830. The minimum atomic E-state index is -0.129. The second kappa shape index (κ2) is 6.37. The standard InChI is InChI=1S/C15H28N2O/c1-5-10-17(15(2,3)4)14(18)13-8-6-12(11-16)7-9-13/h5,12-13H,1,6-11,16H2,2-4H3. The van der Waals surface area contributed by atoms with Crippen molar-refractivity contribution >= 4 is 5.91 Å². The van der Waals surface area contributed by atoms with Crippen LogP contribution in [0.5, 0.6) is 0 Å².